The average Bonchev–Trinajstić information content (AvgIpc) is 2.36. The molecule has 0 N–H and O–H groups in total. The van der Waals surface area contributed by atoms with Crippen molar-refractivity contribution in [2.75, 3.05) is 0 Å². The number of hydrogen-bond acceptors (Lipinski definition) is 1. The highest BCUT2D eigenvalue weighted by molar-refractivity contribution is 5.20. The van der Waals surface area contributed by atoms with Crippen LogP contribution in [0.5, 0.6) is 0 Å². The summed E-state index contributed by atoms with van der Waals surface area (Å²) in [6.07, 6.45) is 7.16. The second kappa shape index (κ2) is 3.45. The Morgan fingerprint density at radius 3 is 2.50 bits per heavy atom. The van der Waals surface area contributed by atoms with Gasteiger partial charge in [-0.3, -0.25) is 0 Å². The van der Waals surface area contributed by atoms with Gasteiger partial charge in [-0.15, -0.1) is 0 Å². The van der Waals surface area contributed by atoms with Crippen LogP contribution in [0.3, 0.4) is 0 Å². The van der Waals surface area contributed by atoms with E-state index >= 15 is 0 Å². The molecule has 0 radical (unpaired) electrons. The van der Waals surface area contributed by atoms with E-state index in [2.05, 4.69) is 13.8 Å². The smallest absolute Gasteiger partial charge is 0.0937 e. The van der Waals surface area contributed by atoms with Gasteiger partial charge in [0.05, 0.1) is 12.5 Å². The number of rotatable bonds is 3. The van der Waals surface area contributed by atoms with Gasteiger partial charge < -0.3 is 4.42 Å². The maximum absolute atomic E-state index is 5.09. The lowest BCUT2D eigenvalue weighted by molar-refractivity contribution is 0.561. The Balaban J connectivity index is 2.70. The average molecular weight is 138 g/mol. The van der Waals surface area contributed by atoms with Crippen LogP contribution in [0.4, 0.5) is 0 Å². The summed E-state index contributed by atoms with van der Waals surface area (Å²) >= 11 is 0. The lowest BCUT2D eigenvalue weighted by Crippen LogP contribution is -1.85. The van der Waals surface area contributed by atoms with E-state index in [-0.39, 0.29) is 0 Å². The van der Waals surface area contributed by atoms with E-state index in [0.717, 1.165) is 12.8 Å². The highest BCUT2D eigenvalue weighted by atomic mass is 16.3. The van der Waals surface area contributed by atoms with Crippen molar-refractivity contribution in [1.29, 1.82) is 0 Å². The predicted molar refractivity (Wildman–Crippen MR) is 42.1 cm³/mol. The minimum absolute atomic E-state index is 1.09. The van der Waals surface area contributed by atoms with Crippen molar-refractivity contribution in [2.24, 2.45) is 0 Å². The fourth-order valence-electron chi connectivity index (χ4n) is 1.15. The minimum Gasteiger partial charge on any atom is -0.472 e. The molecule has 10 heavy (non-hydrogen) atoms. The van der Waals surface area contributed by atoms with E-state index in [4.69, 9.17) is 4.42 Å². The zero-order chi connectivity index (χ0) is 7.40. The lowest BCUT2D eigenvalue weighted by Gasteiger charge is -1.94. The lowest BCUT2D eigenvalue weighted by atomic mass is 10.1. The van der Waals surface area contributed by atoms with Crippen molar-refractivity contribution in [3.8, 4) is 0 Å². The largest absolute Gasteiger partial charge is 0.472 e. The summed E-state index contributed by atoms with van der Waals surface area (Å²) in [5.41, 5.74) is 2.74. The van der Waals surface area contributed by atoms with Crippen molar-refractivity contribution in [3.63, 3.8) is 0 Å². The van der Waals surface area contributed by atoms with Crippen LogP contribution in [-0.4, -0.2) is 0 Å². The second-order valence-electron chi connectivity index (χ2n) is 2.53. The van der Waals surface area contributed by atoms with Gasteiger partial charge in [0, 0.05) is 0 Å². The van der Waals surface area contributed by atoms with E-state index in [1.807, 2.05) is 12.5 Å². The monoisotopic (exact) mass is 138 g/mol. The molecular weight excluding hydrogens is 124 g/mol. The van der Waals surface area contributed by atoms with E-state index in [1.165, 1.54) is 17.5 Å². The zero-order valence-electron chi connectivity index (χ0n) is 6.68. The number of hydrogen-bond donors (Lipinski definition) is 0. The molecule has 0 aliphatic heterocycles. The predicted octanol–water partition coefficient (Wildman–Crippen LogP) is 2.79. The molecule has 1 heterocycles. The molecule has 0 amide bonds. The molecule has 1 aromatic rings. The zero-order valence-corrected chi connectivity index (χ0v) is 6.68. The molecule has 0 unspecified atom stereocenters. The van der Waals surface area contributed by atoms with Gasteiger partial charge in [0.15, 0.2) is 0 Å². The van der Waals surface area contributed by atoms with Crippen molar-refractivity contribution in [1.82, 2.24) is 0 Å². The Morgan fingerprint density at radius 2 is 1.90 bits per heavy atom. The second-order valence-corrected chi connectivity index (χ2v) is 2.53. The maximum Gasteiger partial charge on any atom is 0.0937 e. The highest BCUT2D eigenvalue weighted by Crippen LogP contribution is 2.12. The van der Waals surface area contributed by atoms with E-state index < -0.39 is 0 Å². The summed E-state index contributed by atoms with van der Waals surface area (Å²) in [6, 6.07) is 0. The van der Waals surface area contributed by atoms with Gasteiger partial charge in [0.2, 0.25) is 0 Å². The molecule has 0 saturated carbocycles. The summed E-state index contributed by atoms with van der Waals surface area (Å²) in [5.74, 6) is 0. The fourth-order valence-corrected chi connectivity index (χ4v) is 1.15. The van der Waals surface area contributed by atoms with Gasteiger partial charge in [-0.25, -0.2) is 0 Å². The van der Waals surface area contributed by atoms with Crippen LogP contribution in [-0.2, 0) is 12.8 Å². The molecule has 1 rings (SSSR count). The summed E-state index contributed by atoms with van der Waals surface area (Å²) in [6.45, 7) is 4.34. The minimum atomic E-state index is 1.09. The van der Waals surface area contributed by atoms with Crippen LogP contribution in [0, 0.1) is 0 Å². The molecular formula is C9H14O. The summed E-state index contributed by atoms with van der Waals surface area (Å²) < 4.78 is 5.09. The molecule has 0 saturated heterocycles. The molecule has 0 aliphatic rings. The van der Waals surface area contributed by atoms with Gasteiger partial charge in [-0.05, 0) is 24.0 Å². The molecule has 1 aromatic heterocycles. The Kier molecular flexibility index (Phi) is 2.55. The normalized spacial score (nSPS) is 10.2. The third-order valence-corrected chi connectivity index (χ3v) is 1.73. The third-order valence-electron chi connectivity index (χ3n) is 1.73. The first kappa shape index (κ1) is 7.39. The molecule has 0 aromatic carbocycles. The van der Waals surface area contributed by atoms with Crippen LogP contribution in [0.1, 0.15) is 31.4 Å². The van der Waals surface area contributed by atoms with Gasteiger partial charge in [0.25, 0.3) is 0 Å². The van der Waals surface area contributed by atoms with Crippen LogP contribution in [0.15, 0.2) is 16.9 Å². The van der Waals surface area contributed by atoms with Crippen LogP contribution in [0.2, 0.25) is 0 Å². The van der Waals surface area contributed by atoms with E-state index in [0.29, 0.717) is 0 Å². The molecule has 0 fully saturated rings. The third kappa shape index (κ3) is 1.41. The maximum atomic E-state index is 5.09. The summed E-state index contributed by atoms with van der Waals surface area (Å²) in [4.78, 5) is 0. The molecule has 56 valence electrons. The fraction of sp³-hybridized carbons (Fsp3) is 0.556. The van der Waals surface area contributed by atoms with Crippen molar-refractivity contribution < 1.29 is 4.42 Å². The van der Waals surface area contributed by atoms with Crippen LogP contribution >= 0.6 is 0 Å². The van der Waals surface area contributed by atoms with Crippen molar-refractivity contribution in [3.05, 3.63) is 23.7 Å². The first-order valence-corrected chi connectivity index (χ1v) is 3.92. The molecule has 0 atom stereocenters. The number of furan rings is 1. The topological polar surface area (TPSA) is 13.1 Å². The van der Waals surface area contributed by atoms with Crippen molar-refractivity contribution in [2.45, 2.75) is 33.1 Å². The SMILES string of the molecule is CCCc1cocc1CC. The van der Waals surface area contributed by atoms with Gasteiger partial charge >= 0.3 is 0 Å². The van der Waals surface area contributed by atoms with E-state index in [1.54, 1.807) is 0 Å². The summed E-state index contributed by atoms with van der Waals surface area (Å²) in [7, 11) is 0. The molecule has 0 aliphatic carbocycles. The Hall–Kier alpha value is -0.720. The van der Waals surface area contributed by atoms with Crippen LogP contribution in [0.25, 0.3) is 0 Å². The molecule has 1 nitrogen and oxygen atoms in total. The van der Waals surface area contributed by atoms with Crippen molar-refractivity contribution >= 4 is 0 Å². The van der Waals surface area contributed by atoms with Gasteiger partial charge in [0.1, 0.15) is 0 Å². The van der Waals surface area contributed by atoms with Crippen LogP contribution < -0.4 is 0 Å². The highest BCUT2D eigenvalue weighted by Gasteiger charge is 2.00. The van der Waals surface area contributed by atoms with E-state index in [9.17, 15) is 0 Å². The molecule has 1 heteroatoms. The standard InChI is InChI=1S/C9H14O/c1-3-5-9-7-10-6-8(9)4-2/h6-7H,3-5H2,1-2H3. The Bertz CT molecular complexity index is 188. The van der Waals surface area contributed by atoms with Gasteiger partial charge in [-0.2, -0.15) is 0 Å². The Labute approximate surface area is 62.1 Å². The molecule has 0 bridgehead atoms. The first-order valence-electron chi connectivity index (χ1n) is 3.92. The number of aryl methyl sites for hydroxylation is 2. The quantitative estimate of drug-likeness (QED) is 0.626. The van der Waals surface area contributed by atoms with Gasteiger partial charge in [-0.1, -0.05) is 20.3 Å². The Morgan fingerprint density at radius 1 is 1.20 bits per heavy atom. The molecule has 0 spiro atoms. The summed E-state index contributed by atoms with van der Waals surface area (Å²) in [5, 5.41) is 0. The first-order chi connectivity index (χ1) is 4.88.